The third-order valence-electron chi connectivity index (χ3n) is 4.41. The highest BCUT2D eigenvalue weighted by molar-refractivity contribution is 5.01. The van der Waals surface area contributed by atoms with Gasteiger partial charge in [-0.2, -0.15) is 0 Å². The third kappa shape index (κ3) is 4.05. The van der Waals surface area contributed by atoms with Crippen LogP contribution in [0.5, 0.6) is 0 Å². The van der Waals surface area contributed by atoms with Gasteiger partial charge in [0.2, 0.25) is 11.8 Å². The number of aromatic nitrogens is 2. The summed E-state index contributed by atoms with van der Waals surface area (Å²) in [5.41, 5.74) is 0.293. The molecule has 1 aliphatic rings. The molecule has 20 heavy (non-hydrogen) atoms. The van der Waals surface area contributed by atoms with Crippen molar-refractivity contribution in [2.75, 3.05) is 6.54 Å². The second-order valence-corrected chi connectivity index (χ2v) is 7.03. The average Bonchev–Trinajstić information content (AvgIpc) is 2.82. The van der Waals surface area contributed by atoms with Crippen molar-refractivity contribution in [2.45, 2.75) is 78.2 Å². The Labute approximate surface area is 122 Å². The Morgan fingerprint density at radius 3 is 2.80 bits per heavy atom. The first-order chi connectivity index (χ1) is 9.49. The summed E-state index contributed by atoms with van der Waals surface area (Å²) in [5.74, 6) is 2.10. The van der Waals surface area contributed by atoms with Gasteiger partial charge in [-0.15, -0.1) is 10.2 Å². The molecule has 114 valence electrons. The predicted molar refractivity (Wildman–Crippen MR) is 80.7 cm³/mol. The van der Waals surface area contributed by atoms with E-state index in [0.717, 1.165) is 31.2 Å². The molecule has 0 amide bonds. The summed E-state index contributed by atoms with van der Waals surface area (Å²) in [6.45, 7) is 9.98. The van der Waals surface area contributed by atoms with E-state index in [4.69, 9.17) is 4.42 Å². The molecule has 1 atom stereocenters. The lowest BCUT2D eigenvalue weighted by Gasteiger charge is -2.36. The molecule has 1 aromatic heterocycles. The van der Waals surface area contributed by atoms with Gasteiger partial charge in [-0.1, -0.05) is 40.5 Å². The van der Waals surface area contributed by atoms with Crippen molar-refractivity contribution >= 4 is 0 Å². The van der Waals surface area contributed by atoms with E-state index < -0.39 is 0 Å². The van der Waals surface area contributed by atoms with Gasteiger partial charge in [0.15, 0.2) is 0 Å². The van der Waals surface area contributed by atoms with Crippen LogP contribution in [0.1, 0.15) is 77.5 Å². The van der Waals surface area contributed by atoms with Crippen molar-refractivity contribution in [2.24, 2.45) is 5.41 Å². The molecule has 0 radical (unpaired) electrons. The van der Waals surface area contributed by atoms with Crippen LogP contribution in [0.15, 0.2) is 4.42 Å². The van der Waals surface area contributed by atoms with Crippen LogP contribution in [-0.4, -0.2) is 22.8 Å². The Bertz CT molecular complexity index is 412. The minimum absolute atomic E-state index is 0.293. The van der Waals surface area contributed by atoms with Gasteiger partial charge in [0.25, 0.3) is 0 Å². The Morgan fingerprint density at radius 1 is 1.30 bits per heavy atom. The highest BCUT2D eigenvalue weighted by atomic mass is 16.4. The van der Waals surface area contributed by atoms with Crippen molar-refractivity contribution in [1.82, 2.24) is 15.5 Å². The Balaban J connectivity index is 1.88. The van der Waals surface area contributed by atoms with E-state index >= 15 is 0 Å². The third-order valence-corrected chi connectivity index (χ3v) is 4.41. The van der Waals surface area contributed by atoms with Crippen LogP contribution in [0.3, 0.4) is 0 Å². The van der Waals surface area contributed by atoms with Crippen LogP contribution in [0.2, 0.25) is 0 Å². The van der Waals surface area contributed by atoms with Crippen LogP contribution < -0.4 is 5.32 Å². The highest BCUT2D eigenvalue weighted by Gasteiger charge is 2.36. The molecular weight excluding hydrogens is 250 g/mol. The van der Waals surface area contributed by atoms with Crippen molar-refractivity contribution in [3.05, 3.63) is 11.8 Å². The summed E-state index contributed by atoms with van der Waals surface area (Å²) in [7, 11) is 0. The number of nitrogens with one attached hydrogen (secondary N) is 1. The topological polar surface area (TPSA) is 51.0 Å². The summed E-state index contributed by atoms with van der Waals surface area (Å²) >= 11 is 0. The lowest BCUT2D eigenvalue weighted by molar-refractivity contribution is 0.171. The van der Waals surface area contributed by atoms with Crippen LogP contribution in [0.25, 0.3) is 0 Å². The van der Waals surface area contributed by atoms with Gasteiger partial charge >= 0.3 is 0 Å². The number of rotatable bonds is 6. The molecule has 1 N–H and O–H groups in total. The summed E-state index contributed by atoms with van der Waals surface area (Å²) in [5, 5.41) is 12.0. The molecule has 0 saturated heterocycles. The van der Waals surface area contributed by atoms with E-state index in [1.54, 1.807) is 0 Å². The zero-order valence-electron chi connectivity index (χ0n) is 13.4. The maximum absolute atomic E-state index is 5.92. The Hall–Kier alpha value is -0.900. The van der Waals surface area contributed by atoms with E-state index in [9.17, 15) is 0 Å². The zero-order valence-corrected chi connectivity index (χ0v) is 13.4. The van der Waals surface area contributed by atoms with Gasteiger partial charge in [0, 0.05) is 18.4 Å². The molecule has 0 aromatic carbocycles. The lowest BCUT2D eigenvalue weighted by atomic mass is 9.69. The quantitative estimate of drug-likeness (QED) is 0.807. The van der Waals surface area contributed by atoms with Gasteiger partial charge in [0.1, 0.15) is 0 Å². The molecule has 1 saturated carbocycles. The smallest absolute Gasteiger partial charge is 0.220 e. The minimum Gasteiger partial charge on any atom is -0.425 e. The van der Waals surface area contributed by atoms with Crippen molar-refractivity contribution < 1.29 is 4.42 Å². The van der Waals surface area contributed by atoms with Gasteiger partial charge in [-0.25, -0.2) is 0 Å². The van der Waals surface area contributed by atoms with Gasteiger partial charge in [0.05, 0.1) is 0 Å². The SMILES string of the molecule is CC(C)NCCCc1nnc(C2CCCCC2(C)C)o1. The predicted octanol–water partition coefficient (Wildman–Crippen LogP) is 3.68. The summed E-state index contributed by atoms with van der Waals surface area (Å²) in [6, 6.07) is 0.538. The molecule has 4 nitrogen and oxygen atoms in total. The van der Waals surface area contributed by atoms with E-state index in [2.05, 4.69) is 43.2 Å². The largest absolute Gasteiger partial charge is 0.425 e. The summed E-state index contributed by atoms with van der Waals surface area (Å²) in [4.78, 5) is 0. The van der Waals surface area contributed by atoms with Crippen LogP contribution >= 0.6 is 0 Å². The molecule has 0 aliphatic heterocycles. The van der Waals surface area contributed by atoms with Crippen molar-refractivity contribution in [1.29, 1.82) is 0 Å². The Kier molecular flexibility index (Phi) is 5.19. The second-order valence-electron chi connectivity index (χ2n) is 7.03. The number of hydrogen-bond donors (Lipinski definition) is 1. The van der Waals surface area contributed by atoms with Crippen LogP contribution in [0.4, 0.5) is 0 Å². The minimum atomic E-state index is 0.293. The molecule has 1 heterocycles. The zero-order chi connectivity index (χ0) is 14.6. The standard InChI is InChI=1S/C16H29N3O/c1-12(2)17-11-7-9-14-18-19-15(20-14)13-8-5-6-10-16(13,3)4/h12-13,17H,5-11H2,1-4H3. The van der Waals surface area contributed by atoms with E-state index in [0.29, 0.717) is 17.4 Å². The molecule has 1 aliphatic carbocycles. The molecule has 1 aromatic rings. The molecule has 0 bridgehead atoms. The fourth-order valence-corrected chi connectivity index (χ4v) is 3.09. The van der Waals surface area contributed by atoms with E-state index in [-0.39, 0.29) is 0 Å². The molecule has 4 heteroatoms. The molecule has 1 unspecified atom stereocenters. The second kappa shape index (κ2) is 6.70. The van der Waals surface area contributed by atoms with Crippen molar-refractivity contribution in [3.63, 3.8) is 0 Å². The maximum atomic E-state index is 5.92. The average molecular weight is 279 g/mol. The first-order valence-corrected chi connectivity index (χ1v) is 8.05. The maximum Gasteiger partial charge on any atom is 0.220 e. The van der Waals surface area contributed by atoms with Gasteiger partial charge in [-0.05, 0) is 31.2 Å². The normalized spacial score (nSPS) is 22.4. The van der Waals surface area contributed by atoms with E-state index in [1.807, 2.05) is 0 Å². The first kappa shape index (κ1) is 15.5. The summed E-state index contributed by atoms with van der Waals surface area (Å²) in [6.07, 6.45) is 6.97. The number of nitrogens with zero attached hydrogens (tertiary/aromatic N) is 2. The molecule has 0 spiro atoms. The molecule has 1 fully saturated rings. The number of aryl methyl sites for hydroxylation is 1. The van der Waals surface area contributed by atoms with Crippen molar-refractivity contribution in [3.8, 4) is 0 Å². The van der Waals surface area contributed by atoms with E-state index in [1.165, 1.54) is 25.7 Å². The lowest BCUT2D eigenvalue weighted by Crippen LogP contribution is -2.26. The van der Waals surface area contributed by atoms with Gasteiger partial charge in [-0.3, -0.25) is 0 Å². The van der Waals surface area contributed by atoms with Gasteiger partial charge < -0.3 is 9.73 Å². The number of hydrogen-bond acceptors (Lipinski definition) is 4. The van der Waals surface area contributed by atoms with Crippen LogP contribution in [-0.2, 0) is 6.42 Å². The fraction of sp³-hybridized carbons (Fsp3) is 0.875. The Morgan fingerprint density at radius 2 is 2.10 bits per heavy atom. The fourth-order valence-electron chi connectivity index (χ4n) is 3.09. The molecule has 2 rings (SSSR count). The first-order valence-electron chi connectivity index (χ1n) is 8.05. The summed E-state index contributed by atoms with van der Waals surface area (Å²) < 4.78 is 5.92. The van der Waals surface area contributed by atoms with Crippen LogP contribution in [0, 0.1) is 5.41 Å². The molecular formula is C16H29N3O. The monoisotopic (exact) mass is 279 g/mol. The highest BCUT2D eigenvalue weighted by Crippen LogP contribution is 2.46.